The van der Waals surface area contributed by atoms with E-state index in [9.17, 15) is 9.59 Å². The predicted octanol–water partition coefficient (Wildman–Crippen LogP) is 5.70. The minimum atomic E-state index is -0.707. The number of piperazine rings is 1. The van der Waals surface area contributed by atoms with Gasteiger partial charge in [0.1, 0.15) is 11.6 Å². The maximum atomic E-state index is 13.8. The van der Waals surface area contributed by atoms with Crippen LogP contribution in [0.25, 0.3) is 5.69 Å². The average Bonchev–Trinajstić information content (AvgIpc) is 3.26. The van der Waals surface area contributed by atoms with Crippen molar-refractivity contribution in [3.63, 3.8) is 0 Å². The number of rotatable bonds is 10. The van der Waals surface area contributed by atoms with Gasteiger partial charge >= 0.3 is 0 Å². The van der Waals surface area contributed by atoms with Gasteiger partial charge in [0.25, 0.3) is 0 Å². The molecule has 2 aliphatic heterocycles. The average molecular weight is 548 g/mol. The number of nitrogens with one attached hydrogen (secondary N) is 1. The van der Waals surface area contributed by atoms with Crippen LogP contribution in [0.5, 0.6) is 0 Å². The SMILES string of the molecule is CCCCN1C(=O)C(CCCC2CCCCC2)NC(=O)C12CCN(Cc1c(C)nn(-c3ccccc3)c1C)CC2. The number of aryl methyl sites for hydroxylation is 1. The van der Waals surface area contributed by atoms with E-state index in [0.29, 0.717) is 19.4 Å². The maximum Gasteiger partial charge on any atom is 0.246 e. The zero-order chi connectivity index (χ0) is 28.1. The quantitative estimate of drug-likeness (QED) is 0.414. The molecule has 0 radical (unpaired) electrons. The largest absolute Gasteiger partial charge is 0.342 e. The number of carbonyl (C=O) groups excluding carboxylic acids is 2. The summed E-state index contributed by atoms with van der Waals surface area (Å²) in [5.41, 5.74) is 3.83. The second kappa shape index (κ2) is 12.9. The second-order valence-corrected chi connectivity index (χ2v) is 12.5. The fourth-order valence-corrected chi connectivity index (χ4v) is 7.32. The first-order valence-corrected chi connectivity index (χ1v) is 15.9. The number of hydrogen-bond acceptors (Lipinski definition) is 4. The lowest BCUT2D eigenvalue weighted by molar-refractivity contribution is -0.161. The minimum Gasteiger partial charge on any atom is -0.342 e. The summed E-state index contributed by atoms with van der Waals surface area (Å²) in [6.45, 7) is 9.48. The van der Waals surface area contributed by atoms with Gasteiger partial charge in [0.15, 0.2) is 0 Å². The van der Waals surface area contributed by atoms with Crippen molar-refractivity contribution < 1.29 is 9.59 Å². The Labute approximate surface area is 240 Å². The molecule has 2 saturated heterocycles. The molecule has 1 aromatic carbocycles. The lowest BCUT2D eigenvalue weighted by Crippen LogP contribution is -2.72. The molecule has 1 saturated carbocycles. The third-order valence-corrected chi connectivity index (χ3v) is 9.88. The van der Waals surface area contributed by atoms with E-state index >= 15 is 0 Å². The van der Waals surface area contributed by atoms with Gasteiger partial charge in [-0.25, -0.2) is 4.68 Å². The van der Waals surface area contributed by atoms with E-state index in [1.54, 1.807) is 0 Å². The molecular formula is C33H49N5O2. The number of amides is 2. The van der Waals surface area contributed by atoms with Crippen molar-refractivity contribution >= 4 is 11.8 Å². The van der Waals surface area contributed by atoms with Crippen molar-refractivity contribution in [1.82, 2.24) is 24.9 Å². The monoisotopic (exact) mass is 547 g/mol. The number of carbonyl (C=O) groups is 2. The highest BCUT2D eigenvalue weighted by molar-refractivity contribution is 6.00. The zero-order valence-electron chi connectivity index (χ0n) is 25.0. The molecule has 3 fully saturated rings. The number of piperidine rings is 1. The number of likely N-dealkylation sites (tertiary alicyclic amines) is 1. The summed E-state index contributed by atoms with van der Waals surface area (Å²) in [6, 6.07) is 9.91. The van der Waals surface area contributed by atoms with Crippen molar-refractivity contribution in [3.05, 3.63) is 47.3 Å². The van der Waals surface area contributed by atoms with Crippen molar-refractivity contribution in [1.29, 1.82) is 0 Å². The van der Waals surface area contributed by atoms with Gasteiger partial charge in [-0.15, -0.1) is 0 Å². The molecule has 1 atom stereocenters. The predicted molar refractivity (Wildman–Crippen MR) is 159 cm³/mol. The lowest BCUT2D eigenvalue weighted by Gasteiger charge is -2.51. The molecule has 0 bridgehead atoms. The Bertz CT molecular complexity index is 1150. The smallest absolute Gasteiger partial charge is 0.246 e. The van der Waals surface area contributed by atoms with Crippen LogP contribution in [0.3, 0.4) is 0 Å². The normalized spacial score (nSPS) is 22.2. The molecule has 218 valence electrons. The van der Waals surface area contributed by atoms with E-state index in [1.807, 2.05) is 27.8 Å². The van der Waals surface area contributed by atoms with Crippen LogP contribution in [0.4, 0.5) is 0 Å². The van der Waals surface area contributed by atoms with E-state index in [-0.39, 0.29) is 17.9 Å². The first-order valence-electron chi connectivity index (χ1n) is 15.9. The molecule has 1 aromatic heterocycles. The topological polar surface area (TPSA) is 70.5 Å². The van der Waals surface area contributed by atoms with Crippen LogP contribution < -0.4 is 5.32 Å². The van der Waals surface area contributed by atoms with E-state index in [4.69, 9.17) is 5.10 Å². The van der Waals surface area contributed by atoms with Crippen molar-refractivity contribution in [2.24, 2.45) is 5.92 Å². The zero-order valence-corrected chi connectivity index (χ0v) is 25.0. The first kappa shape index (κ1) is 28.8. The fraction of sp³-hybridized carbons (Fsp3) is 0.667. The van der Waals surface area contributed by atoms with Gasteiger partial charge in [-0.1, -0.05) is 76.5 Å². The summed E-state index contributed by atoms with van der Waals surface area (Å²) in [4.78, 5) is 32.0. The minimum absolute atomic E-state index is 0.0785. The van der Waals surface area contributed by atoms with Gasteiger partial charge in [0.05, 0.1) is 11.4 Å². The van der Waals surface area contributed by atoms with Gasteiger partial charge < -0.3 is 10.2 Å². The van der Waals surface area contributed by atoms with E-state index in [1.165, 1.54) is 44.1 Å². The van der Waals surface area contributed by atoms with E-state index in [0.717, 1.165) is 68.3 Å². The van der Waals surface area contributed by atoms with Crippen LogP contribution in [-0.4, -0.2) is 62.6 Å². The molecule has 3 aliphatic rings. The highest BCUT2D eigenvalue weighted by atomic mass is 16.2. The third-order valence-electron chi connectivity index (χ3n) is 9.88. The lowest BCUT2D eigenvalue weighted by atomic mass is 9.80. The molecule has 2 amide bonds. The first-order chi connectivity index (χ1) is 19.4. The van der Waals surface area contributed by atoms with E-state index < -0.39 is 5.54 Å². The molecule has 7 nitrogen and oxygen atoms in total. The highest BCUT2D eigenvalue weighted by Crippen LogP contribution is 2.35. The Kier molecular flexibility index (Phi) is 9.29. The van der Waals surface area contributed by atoms with Crippen molar-refractivity contribution in [3.8, 4) is 5.69 Å². The summed E-state index contributed by atoms with van der Waals surface area (Å²) in [5.74, 6) is 1.04. The molecule has 1 spiro atoms. The van der Waals surface area contributed by atoms with Crippen LogP contribution in [-0.2, 0) is 16.1 Å². The van der Waals surface area contributed by atoms with Crippen LogP contribution in [0.2, 0.25) is 0 Å². The molecule has 7 heteroatoms. The van der Waals surface area contributed by atoms with Crippen LogP contribution in [0.15, 0.2) is 30.3 Å². The third kappa shape index (κ3) is 6.00. The van der Waals surface area contributed by atoms with Crippen LogP contribution >= 0.6 is 0 Å². The standard InChI is InChI=1S/C33H49N5O2/c1-4-5-21-37-31(39)30(18-12-15-27-13-8-6-9-14-27)34-32(40)33(37)19-22-36(23-20-33)24-29-25(2)35-38(26(29)3)28-16-10-7-11-17-28/h7,10-11,16-17,27,30H,4-6,8-9,12-15,18-24H2,1-3H3,(H,34,40). The van der Waals surface area contributed by atoms with Crippen molar-refractivity contribution in [2.75, 3.05) is 19.6 Å². The number of para-hydroxylation sites is 1. The van der Waals surface area contributed by atoms with E-state index in [2.05, 4.69) is 43.1 Å². The molecule has 1 aliphatic carbocycles. The van der Waals surface area contributed by atoms with Gasteiger partial charge in [0.2, 0.25) is 11.8 Å². The molecule has 1 unspecified atom stereocenters. The fourth-order valence-electron chi connectivity index (χ4n) is 7.32. The molecule has 40 heavy (non-hydrogen) atoms. The Morgan fingerprint density at radius 2 is 1.70 bits per heavy atom. The molecule has 5 rings (SSSR count). The molecule has 3 heterocycles. The second-order valence-electron chi connectivity index (χ2n) is 12.5. The summed E-state index contributed by atoms with van der Waals surface area (Å²) in [7, 11) is 0. The maximum absolute atomic E-state index is 13.8. The van der Waals surface area contributed by atoms with Crippen LogP contribution in [0, 0.1) is 19.8 Å². The number of aromatic nitrogens is 2. The number of unbranched alkanes of at least 4 members (excludes halogenated alkanes) is 1. The Hall–Kier alpha value is -2.67. The van der Waals surface area contributed by atoms with Gasteiger partial charge in [-0.05, 0) is 57.6 Å². The van der Waals surface area contributed by atoms with Crippen molar-refractivity contribution in [2.45, 2.75) is 116 Å². The van der Waals surface area contributed by atoms with Gasteiger partial charge in [-0.2, -0.15) is 5.10 Å². The molecule has 2 aromatic rings. The number of benzene rings is 1. The number of hydrogen-bond donors (Lipinski definition) is 1. The van der Waals surface area contributed by atoms with Crippen LogP contribution in [0.1, 0.15) is 101 Å². The van der Waals surface area contributed by atoms with Gasteiger partial charge in [-0.3, -0.25) is 14.5 Å². The summed E-state index contributed by atoms with van der Waals surface area (Å²) in [6.07, 6.45) is 13.1. The summed E-state index contributed by atoms with van der Waals surface area (Å²) in [5, 5.41) is 8.05. The number of nitrogens with zero attached hydrogens (tertiary/aromatic N) is 4. The molecule has 1 N–H and O–H groups in total. The Morgan fingerprint density at radius 3 is 2.40 bits per heavy atom. The summed E-state index contributed by atoms with van der Waals surface area (Å²) < 4.78 is 2.03. The molecular weight excluding hydrogens is 498 g/mol. The Balaban J connectivity index is 1.23. The van der Waals surface area contributed by atoms with Gasteiger partial charge in [0, 0.05) is 37.4 Å². The Morgan fingerprint density at radius 1 is 0.975 bits per heavy atom. The summed E-state index contributed by atoms with van der Waals surface area (Å²) >= 11 is 0. The highest BCUT2D eigenvalue weighted by Gasteiger charge is 2.53.